The van der Waals surface area contributed by atoms with Crippen LogP contribution in [-0.2, 0) is 28.7 Å². The van der Waals surface area contributed by atoms with Crippen molar-refractivity contribution in [3.05, 3.63) is 169 Å². The van der Waals surface area contributed by atoms with Crippen molar-refractivity contribution in [2.24, 2.45) is 29.1 Å². The SMILES string of the molecule is Nc1nn2cc(F)cnc2c1C(=O)Nc1cnccc1N1CCC(C(=O)N2CC(F)C2)CC1.Nc1nn2cc(F)cnc2c1C(=O)Nc1cnccc1N1CCC(C(=O)N2CCC3(COC3)C2)CC1.Nc1nn2cc(F)cnc2c1C(=O)Nc1cnccc1N1CCC(C(=O)N2CCCC2)CC1.Nc1nn2cc(F)cnc2c1C(=O)Nc1cnccc1N1CCC(C(=O)N2CCOCC2)CC1. The van der Waals surface area contributed by atoms with Gasteiger partial charge in [-0.2, -0.15) is 0 Å². The molecule has 0 radical (unpaired) electrons. The maximum atomic E-state index is 13.5. The quantitative estimate of drug-likeness (QED) is 0.0501. The molecule has 47 heteroatoms. The van der Waals surface area contributed by atoms with Crippen molar-refractivity contribution in [3.8, 4) is 0 Å². The molecule has 0 aliphatic carbocycles. The number of nitrogens with two attached hydrogens (primary N) is 4. The topological polar surface area (TPSA) is 505 Å². The lowest BCUT2D eigenvalue weighted by atomic mass is 9.85. The van der Waals surface area contributed by atoms with E-state index in [1.54, 1.807) is 54.3 Å². The Bertz CT molecular complexity index is 6510. The summed E-state index contributed by atoms with van der Waals surface area (Å²) < 4.78 is 82.2. The minimum Gasteiger partial charge on any atom is -0.381 e. The second-order valence-electron chi connectivity index (χ2n) is 34.9. The molecule has 0 unspecified atom stereocenters. The first-order chi connectivity index (χ1) is 65.8. The monoisotopic (exact) mass is 1870 g/mol. The van der Waals surface area contributed by atoms with Crippen LogP contribution in [0.1, 0.15) is 112 Å². The lowest BCUT2D eigenvalue weighted by Gasteiger charge is -2.40. The van der Waals surface area contributed by atoms with E-state index in [0.29, 0.717) is 114 Å². The number of rotatable bonds is 16. The van der Waals surface area contributed by atoms with Gasteiger partial charge in [-0.25, -0.2) is 59.9 Å². The number of likely N-dealkylation sites (tertiary alicyclic amines) is 3. The zero-order valence-electron chi connectivity index (χ0n) is 73.9. The molecule has 12 aromatic rings. The highest BCUT2D eigenvalue weighted by atomic mass is 19.1. The van der Waals surface area contributed by atoms with E-state index in [4.69, 9.17) is 32.4 Å². The van der Waals surface area contributed by atoms with Gasteiger partial charge in [-0.05, 0) is 94.9 Å². The molecule has 0 atom stereocenters. The van der Waals surface area contributed by atoms with Crippen LogP contribution >= 0.6 is 0 Å². The second kappa shape index (κ2) is 39.5. The molecule has 9 aliphatic heterocycles. The maximum absolute atomic E-state index is 13.5. The van der Waals surface area contributed by atoms with Gasteiger partial charge in [0.05, 0.1) is 159 Å². The highest BCUT2D eigenvalue weighted by molar-refractivity contribution is 6.15. The summed E-state index contributed by atoms with van der Waals surface area (Å²) in [6, 6.07) is 7.29. The lowest BCUT2D eigenvalue weighted by molar-refractivity contribution is -0.143. The molecular formula is C89H99F5N32O10. The van der Waals surface area contributed by atoms with Gasteiger partial charge in [0.1, 0.15) is 28.4 Å². The summed E-state index contributed by atoms with van der Waals surface area (Å²) >= 11 is 0. The lowest BCUT2D eigenvalue weighted by Crippen LogP contribution is -2.54. The number of halogens is 5. The summed E-state index contributed by atoms with van der Waals surface area (Å²) in [5.41, 5.74) is 29.9. The standard InChI is InChI=1S/C24H27FN8O3.C22H25FN8O3.C22H25FN8O2.C21H22F2N8O2/c25-16-9-28-21-19(20(26)30-33(21)11-16)22(34)29-17-10-27-5-1-18(17)31-6-2-15(3-7-31)23(35)32-8-4-24(12-32)13-36-14-24;23-15-11-26-20-18(19(24)28-31(20)13-15)21(32)27-16-12-25-4-1-17(16)29-5-2-14(3-6-29)22(33)30-7-9-34-10-8-30;23-15-11-26-20-18(19(24)28-31(20)13-15)21(32)27-16-12-25-6-3-17(16)29-9-4-14(5-10-29)22(33)30-7-1-2-8-30;22-13-7-26-19-17(18(24)28-31(19)11-13)20(32)27-15-8-25-4-1-16(15)29-5-2-12(3-6-29)21(33)30-9-14(23)10-30/h1,5,9-11,15H,2-4,6-8,12-14H2,(H2,26,30)(H,29,34);1,4,11-14H,2-3,5-10H2,(H2,24,28)(H,27,32);3,6,11-14H,1-2,4-5,7-10H2,(H2,24,28)(H,27,32);1,4,7-8,11-12,14H,2-3,5-6,9-10H2,(H2,24,28)(H,27,32). The number of nitrogen functional groups attached to an aromatic ring is 4. The van der Waals surface area contributed by atoms with Gasteiger partial charge in [-0.3, -0.25) is 58.3 Å². The molecule has 8 amide bonds. The minimum absolute atomic E-state index is 0.00215. The van der Waals surface area contributed by atoms with Gasteiger partial charge >= 0.3 is 0 Å². The van der Waals surface area contributed by atoms with Crippen LogP contribution in [0.3, 0.4) is 0 Å². The van der Waals surface area contributed by atoms with E-state index in [1.807, 2.05) is 32.9 Å². The molecule has 0 bridgehead atoms. The predicted molar refractivity (Wildman–Crippen MR) is 487 cm³/mol. The fourth-order valence-corrected chi connectivity index (χ4v) is 18.9. The molecule has 12 aromatic heterocycles. The molecule has 12 N–H and O–H groups in total. The molecule has 9 saturated heterocycles. The average molecular weight is 1870 g/mol. The second-order valence-corrected chi connectivity index (χ2v) is 34.9. The van der Waals surface area contributed by atoms with E-state index < -0.39 is 53.1 Å². The molecule has 1 spiro atoms. The molecule has 0 aromatic carbocycles. The van der Waals surface area contributed by atoms with Gasteiger partial charge in [-0.1, -0.05) is 0 Å². The summed E-state index contributed by atoms with van der Waals surface area (Å²) in [5, 5.41) is 27.2. The molecule has 42 nitrogen and oxygen atoms in total. The molecule has 21 rings (SSSR count). The zero-order valence-corrected chi connectivity index (χ0v) is 73.9. The molecule has 136 heavy (non-hydrogen) atoms. The largest absolute Gasteiger partial charge is 0.381 e. The molecular weight excluding hydrogens is 1770 g/mol. The first kappa shape index (κ1) is 91.3. The van der Waals surface area contributed by atoms with Gasteiger partial charge in [0.2, 0.25) is 23.6 Å². The molecule has 710 valence electrons. The number of ether oxygens (including phenoxy) is 2. The first-order valence-electron chi connectivity index (χ1n) is 45.0. The van der Waals surface area contributed by atoms with Crippen LogP contribution in [0.25, 0.3) is 22.6 Å². The molecule has 21 heterocycles. The van der Waals surface area contributed by atoms with Gasteiger partial charge in [-0.15, -0.1) is 20.4 Å². The number of fused-ring (bicyclic) bond motifs is 4. The summed E-state index contributed by atoms with van der Waals surface area (Å²) in [5.74, 6) is -4.03. The number of nitrogens with one attached hydrogen (secondary N) is 4. The summed E-state index contributed by atoms with van der Waals surface area (Å²) in [6.45, 7) is 13.1. The summed E-state index contributed by atoms with van der Waals surface area (Å²) in [6.07, 6.45) is 29.3. The van der Waals surface area contributed by atoms with E-state index in [9.17, 15) is 60.3 Å². The van der Waals surface area contributed by atoms with Crippen LogP contribution in [0.15, 0.2) is 123 Å². The van der Waals surface area contributed by atoms with Crippen molar-refractivity contribution in [2.45, 2.75) is 76.8 Å². The van der Waals surface area contributed by atoms with Crippen molar-refractivity contribution in [1.82, 2.24) is 97.9 Å². The number of piperidine rings is 4. The Hall–Kier alpha value is -15.2. The van der Waals surface area contributed by atoms with Crippen molar-refractivity contribution in [1.29, 1.82) is 0 Å². The van der Waals surface area contributed by atoms with Gasteiger partial charge < -0.3 is 92.9 Å². The van der Waals surface area contributed by atoms with E-state index >= 15 is 0 Å². The number of hydrogen-bond acceptors (Lipinski definition) is 30. The number of aromatic nitrogens is 16. The predicted octanol–water partition coefficient (Wildman–Crippen LogP) is 6.17. The Balaban J connectivity index is 0.000000121. The number of anilines is 12. The minimum atomic E-state index is -0.909. The fourth-order valence-electron chi connectivity index (χ4n) is 18.9. The molecule has 9 fully saturated rings. The fraction of sp³-hybridized carbons (Fsp3) is 0.416. The van der Waals surface area contributed by atoms with Crippen LogP contribution in [0.2, 0.25) is 0 Å². The number of hydrogen-bond donors (Lipinski definition) is 8. The van der Waals surface area contributed by atoms with Crippen molar-refractivity contribution in [3.63, 3.8) is 0 Å². The Kier molecular flexibility index (Phi) is 26.5. The van der Waals surface area contributed by atoms with Crippen LogP contribution in [-0.4, -0.2) is 283 Å². The van der Waals surface area contributed by atoms with Crippen molar-refractivity contribution >= 4 is 139 Å². The molecule has 9 aliphatic rings. The van der Waals surface area contributed by atoms with Crippen molar-refractivity contribution < 1.29 is 69.8 Å². The number of pyridine rings is 4. The average Bonchev–Trinajstić information content (AvgIpc) is 1.65. The van der Waals surface area contributed by atoms with Gasteiger partial charge in [0.25, 0.3) is 23.6 Å². The third-order valence-corrected chi connectivity index (χ3v) is 26.2. The third-order valence-electron chi connectivity index (χ3n) is 26.2. The normalized spacial score (nSPS) is 17.8. The van der Waals surface area contributed by atoms with E-state index in [1.165, 1.54) is 6.20 Å². The van der Waals surface area contributed by atoms with E-state index in [0.717, 1.165) is 188 Å². The number of morpholine rings is 1. The summed E-state index contributed by atoms with van der Waals surface area (Å²) in [7, 11) is 0. The highest BCUT2D eigenvalue weighted by Gasteiger charge is 2.47. The number of carbonyl (C=O) groups excluding carboxylic acids is 8. The maximum Gasteiger partial charge on any atom is 0.263 e. The van der Waals surface area contributed by atoms with Crippen LogP contribution in [0, 0.1) is 52.4 Å². The number of carbonyl (C=O) groups is 8. The Morgan fingerprint density at radius 3 is 0.904 bits per heavy atom. The van der Waals surface area contributed by atoms with Crippen molar-refractivity contribution in [2.75, 3.05) is 195 Å². The molecule has 0 saturated carbocycles. The highest BCUT2D eigenvalue weighted by Crippen LogP contribution is 2.41. The zero-order chi connectivity index (χ0) is 94.6. The summed E-state index contributed by atoms with van der Waals surface area (Å²) in [4.78, 5) is 152. The third kappa shape index (κ3) is 19.5. The van der Waals surface area contributed by atoms with Gasteiger partial charge in [0.15, 0.2) is 69.1 Å². The number of amides is 8. The van der Waals surface area contributed by atoms with Crippen LogP contribution in [0.4, 0.5) is 90.7 Å². The van der Waals surface area contributed by atoms with Crippen LogP contribution in [0.5, 0.6) is 0 Å². The number of alkyl halides is 1. The smallest absolute Gasteiger partial charge is 0.263 e. The first-order valence-corrected chi connectivity index (χ1v) is 45.0. The Morgan fingerprint density at radius 1 is 0.353 bits per heavy atom. The van der Waals surface area contributed by atoms with Gasteiger partial charge in [0, 0.05) is 146 Å². The van der Waals surface area contributed by atoms with E-state index in [2.05, 4.69) is 101 Å². The number of nitrogens with zero attached hydrogens (tertiary/aromatic N) is 24. The van der Waals surface area contributed by atoms with E-state index in [-0.39, 0.29) is 134 Å². The Morgan fingerprint density at radius 2 is 0.632 bits per heavy atom. The van der Waals surface area contributed by atoms with Crippen LogP contribution < -0.4 is 63.8 Å². The Labute approximate surface area is 772 Å².